The summed E-state index contributed by atoms with van der Waals surface area (Å²) in [4.78, 5) is 16.5. The van der Waals surface area contributed by atoms with Crippen molar-refractivity contribution in [3.05, 3.63) is 52.8 Å². The lowest BCUT2D eigenvalue weighted by Crippen LogP contribution is -2.07. The van der Waals surface area contributed by atoms with Crippen molar-refractivity contribution in [3.8, 4) is 22.6 Å². The standard InChI is InChI=1S/C20H18ClNO4/c1-11-7-13-8-15(24-2)16(25-3)10-14(13)19(18(11)20(23)26-4)12-5-6-22-17(21)9-12/h5-10H,1-4H3. The number of aryl methyl sites for hydroxylation is 1. The second kappa shape index (κ2) is 7.22. The molecule has 134 valence electrons. The third-order valence-corrected chi connectivity index (χ3v) is 4.45. The molecule has 0 radical (unpaired) electrons. The lowest BCUT2D eigenvalue weighted by molar-refractivity contribution is 0.0601. The molecule has 6 heteroatoms. The van der Waals surface area contributed by atoms with Crippen LogP contribution in [0.4, 0.5) is 0 Å². The Morgan fingerprint density at radius 1 is 1.04 bits per heavy atom. The molecule has 0 N–H and O–H groups in total. The Kier molecular flexibility index (Phi) is 5.00. The molecular formula is C20H18ClNO4. The summed E-state index contributed by atoms with van der Waals surface area (Å²) in [5.41, 5.74) is 2.76. The normalized spacial score (nSPS) is 10.7. The number of pyridine rings is 1. The molecular weight excluding hydrogens is 354 g/mol. The predicted molar refractivity (Wildman–Crippen MR) is 101 cm³/mol. The van der Waals surface area contributed by atoms with Gasteiger partial charge in [0.15, 0.2) is 11.5 Å². The maximum absolute atomic E-state index is 12.5. The highest BCUT2D eigenvalue weighted by Crippen LogP contribution is 2.40. The molecule has 2 aromatic carbocycles. The number of carbonyl (C=O) groups is 1. The molecule has 0 bridgehead atoms. The number of fused-ring (bicyclic) bond motifs is 1. The van der Waals surface area contributed by atoms with Gasteiger partial charge in [0.25, 0.3) is 0 Å². The van der Waals surface area contributed by atoms with Gasteiger partial charge in [0, 0.05) is 11.8 Å². The van der Waals surface area contributed by atoms with E-state index in [0.29, 0.717) is 22.2 Å². The summed E-state index contributed by atoms with van der Waals surface area (Å²) in [5.74, 6) is 0.770. The highest BCUT2D eigenvalue weighted by atomic mass is 35.5. The molecule has 1 aromatic heterocycles. The number of aromatic nitrogens is 1. The molecule has 0 spiro atoms. The molecule has 0 aliphatic carbocycles. The van der Waals surface area contributed by atoms with E-state index in [-0.39, 0.29) is 0 Å². The number of benzene rings is 2. The van der Waals surface area contributed by atoms with Gasteiger partial charge in [-0.05, 0) is 53.1 Å². The van der Waals surface area contributed by atoms with E-state index in [1.54, 1.807) is 26.5 Å². The molecule has 0 atom stereocenters. The number of methoxy groups -OCH3 is 3. The molecule has 0 amide bonds. The molecule has 26 heavy (non-hydrogen) atoms. The van der Waals surface area contributed by atoms with Gasteiger partial charge in [-0.2, -0.15) is 0 Å². The van der Waals surface area contributed by atoms with Crippen LogP contribution < -0.4 is 9.47 Å². The maximum Gasteiger partial charge on any atom is 0.338 e. The van der Waals surface area contributed by atoms with E-state index in [9.17, 15) is 4.79 Å². The van der Waals surface area contributed by atoms with E-state index in [4.69, 9.17) is 25.8 Å². The molecule has 0 aliphatic rings. The van der Waals surface area contributed by atoms with Crippen molar-refractivity contribution in [3.63, 3.8) is 0 Å². The Labute approximate surface area is 156 Å². The van der Waals surface area contributed by atoms with Crippen molar-refractivity contribution in [1.82, 2.24) is 4.98 Å². The second-order valence-electron chi connectivity index (χ2n) is 5.73. The highest BCUT2D eigenvalue weighted by molar-refractivity contribution is 6.29. The van der Waals surface area contributed by atoms with Gasteiger partial charge in [0.05, 0.1) is 26.9 Å². The second-order valence-corrected chi connectivity index (χ2v) is 6.12. The Morgan fingerprint density at radius 2 is 1.73 bits per heavy atom. The average Bonchev–Trinajstić information content (AvgIpc) is 2.65. The van der Waals surface area contributed by atoms with E-state index in [0.717, 1.165) is 27.5 Å². The van der Waals surface area contributed by atoms with Gasteiger partial charge in [0.1, 0.15) is 5.15 Å². The van der Waals surface area contributed by atoms with E-state index in [2.05, 4.69) is 4.98 Å². The van der Waals surface area contributed by atoms with E-state index in [1.165, 1.54) is 7.11 Å². The van der Waals surface area contributed by atoms with Crippen molar-refractivity contribution in [1.29, 1.82) is 0 Å². The monoisotopic (exact) mass is 371 g/mol. The van der Waals surface area contributed by atoms with Gasteiger partial charge < -0.3 is 14.2 Å². The van der Waals surface area contributed by atoms with Crippen molar-refractivity contribution in [2.75, 3.05) is 21.3 Å². The molecule has 0 unspecified atom stereocenters. The summed E-state index contributed by atoms with van der Waals surface area (Å²) < 4.78 is 15.9. The van der Waals surface area contributed by atoms with Crippen molar-refractivity contribution >= 4 is 28.3 Å². The molecule has 0 fully saturated rings. The SMILES string of the molecule is COC(=O)c1c(C)cc2cc(OC)c(OC)cc2c1-c1ccnc(Cl)c1. The zero-order valence-corrected chi connectivity index (χ0v) is 15.7. The molecule has 3 rings (SSSR count). The molecule has 0 saturated heterocycles. The first-order chi connectivity index (χ1) is 12.5. The number of nitrogens with zero attached hydrogens (tertiary/aromatic N) is 1. The van der Waals surface area contributed by atoms with Gasteiger partial charge in [-0.1, -0.05) is 17.7 Å². The minimum absolute atomic E-state index is 0.341. The van der Waals surface area contributed by atoms with Crippen LogP contribution in [0.3, 0.4) is 0 Å². The molecule has 3 aromatic rings. The van der Waals surface area contributed by atoms with Crippen molar-refractivity contribution in [2.24, 2.45) is 0 Å². The Balaban J connectivity index is 2.48. The van der Waals surface area contributed by atoms with Crippen LogP contribution in [0, 0.1) is 6.92 Å². The molecule has 0 aliphatic heterocycles. The van der Waals surface area contributed by atoms with Crippen LogP contribution in [0.2, 0.25) is 5.15 Å². The number of esters is 1. The smallest absolute Gasteiger partial charge is 0.338 e. The number of ether oxygens (including phenoxy) is 3. The van der Waals surface area contributed by atoms with Crippen LogP contribution in [0.15, 0.2) is 36.5 Å². The zero-order valence-electron chi connectivity index (χ0n) is 14.9. The third kappa shape index (κ3) is 3.06. The van der Waals surface area contributed by atoms with Crippen molar-refractivity contribution in [2.45, 2.75) is 6.92 Å². The number of carbonyl (C=O) groups excluding carboxylic acids is 1. The summed E-state index contributed by atoms with van der Waals surface area (Å²) in [6.07, 6.45) is 1.60. The first-order valence-electron chi connectivity index (χ1n) is 7.89. The summed E-state index contributed by atoms with van der Waals surface area (Å²) in [6, 6.07) is 9.19. The quantitative estimate of drug-likeness (QED) is 0.493. The van der Waals surface area contributed by atoms with Crippen LogP contribution in [0.5, 0.6) is 11.5 Å². The van der Waals surface area contributed by atoms with Crippen LogP contribution in [0.25, 0.3) is 21.9 Å². The summed E-state index contributed by atoms with van der Waals surface area (Å²) >= 11 is 6.09. The largest absolute Gasteiger partial charge is 0.493 e. The van der Waals surface area contributed by atoms with Crippen LogP contribution >= 0.6 is 11.6 Å². The molecule has 0 saturated carbocycles. The number of hydrogen-bond acceptors (Lipinski definition) is 5. The minimum atomic E-state index is -0.415. The van der Waals surface area contributed by atoms with E-state index < -0.39 is 5.97 Å². The minimum Gasteiger partial charge on any atom is -0.493 e. The summed E-state index contributed by atoms with van der Waals surface area (Å²) in [7, 11) is 4.52. The fourth-order valence-electron chi connectivity index (χ4n) is 3.09. The molecule has 1 heterocycles. The first-order valence-corrected chi connectivity index (χ1v) is 8.27. The van der Waals surface area contributed by atoms with Gasteiger partial charge in [-0.15, -0.1) is 0 Å². The van der Waals surface area contributed by atoms with Crippen LogP contribution in [-0.2, 0) is 4.74 Å². The van der Waals surface area contributed by atoms with Crippen molar-refractivity contribution < 1.29 is 19.0 Å². The fourth-order valence-corrected chi connectivity index (χ4v) is 3.26. The third-order valence-electron chi connectivity index (χ3n) is 4.25. The number of hydrogen-bond donors (Lipinski definition) is 0. The highest BCUT2D eigenvalue weighted by Gasteiger charge is 2.21. The van der Waals surface area contributed by atoms with E-state index in [1.807, 2.05) is 31.2 Å². The lowest BCUT2D eigenvalue weighted by atomic mass is 9.90. The van der Waals surface area contributed by atoms with E-state index >= 15 is 0 Å². The van der Waals surface area contributed by atoms with Gasteiger partial charge in [0.2, 0.25) is 0 Å². The summed E-state index contributed by atoms with van der Waals surface area (Å²) in [6.45, 7) is 1.87. The maximum atomic E-state index is 12.5. The van der Waals surface area contributed by atoms with Gasteiger partial charge >= 0.3 is 5.97 Å². The topological polar surface area (TPSA) is 57.7 Å². The predicted octanol–water partition coefficient (Wildman–Crippen LogP) is 4.67. The fraction of sp³-hybridized carbons (Fsp3) is 0.200. The zero-order chi connectivity index (χ0) is 18.8. The summed E-state index contributed by atoms with van der Waals surface area (Å²) in [5, 5.41) is 2.08. The first kappa shape index (κ1) is 18.0. The number of rotatable bonds is 4. The lowest BCUT2D eigenvalue weighted by Gasteiger charge is -2.17. The Hall–Kier alpha value is -2.79. The van der Waals surface area contributed by atoms with Gasteiger partial charge in [-0.3, -0.25) is 0 Å². The number of halogens is 1. The van der Waals surface area contributed by atoms with Crippen LogP contribution in [-0.4, -0.2) is 32.3 Å². The Morgan fingerprint density at radius 3 is 2.35 bits per heavy atom. The van der Waals surface area contributed by atoms with Crippen LogP contribution in [0.1, 0.15) is 15.9 Å². The Bertz CT molecular complexity index is 1000. The average molecular weight is 372 g/mol. The molecule has 5 nitrogen and oxygen atoms in total. The van der Waals surface area contributed by atoms with Gasteiger partial charge in [-0.25, -0.2) is 9.78 Å².